The second-order valence-electron chi connectivity index (χ2n) is 6.20. The Balaban J connectivity index is 1.87. The molecule has 2 amide bonds. The third-order valence-electron chi connectivity index (χ3n) is 4.48. The Labute approximate surface area is 164 Å². The molecule has 0 fully saturated rings. The lowest BCUT2D eigenvalue weighted by Crippen LogP contribution is -2.38. The van der Waals surface area contributed by atoms with Crippen LogP contribution in [-0.4, -0.2) is 41.8 Å². The first kappa shape index (κ1) is 19.8. The quantitative estimate of drug-likeness (QED) is 0.770. The van der Waals surface area contributed by atoms with E-state index < -0.39 is 10.0 Å². The van der Waals surface area contributed by atoms with E-state index in [1.165, 1.54) is 20.3 Å². The third-order valence-corrected chi connectivity index (χ3v) is 5.85. The number of fused-ring (bicyclic) bond motifs is 1. The van der Waals surface area contributed by atoms with E-state index in [0.29, 0.717) is 36.7 Å². The Morgan fingerprint density at radius 1 is 1.14 bits per heavy atom. The molecule has 0 saturated heterocycles. The van der Waals surface area contributed by atoms with Gasteiger partial charge in [-0.25, -0.2) is 13.2 Å². The van der Waals surface area contributed by atoms with Gasteiger partial charge in [0.05, 0.1) is 24.8 Å². The van der Waals surface area contributed by atoms with E-state index in [1.807, 2.05) is 6.92 Å². The molecule has 0 atom stereocenters. The van der Waals surface area contributed by atoms with E-state index in [-0.39, 0.29) is 10.9 Å². The fourth-order valence-electron chi connectivity index (χ4n) is 3.09. The fourth-order valence-corrected chi connectivity index (χ4v) is 4.21. The van der Waals surface area contributed by atoms with Gasteiger partial charge in [0.2, 0.25) is 0 Å². The molecule has 2 aromatic rings. The smallest absolute Gasteiger partial charge is 0.321 e. The summed E-state index contributed by atoms with van der Waals surface area (Å²) in [5.41, 5.74) is 1.86. The SMILES string of the molecule is CCNC(=O)N1CCc2cc(S(=O)(=O)Nc3ccc(OC)cc3OC)ccc21. The predicted octanol–water partition coefficient (Wildman–Crippen LogP) is 2.60. The molecule has 0 aliphatic carbocycles. The number of hydrogen-bond acceptors (Lipinski definition) is 5. The highest BCUT2D eigenvalue weighted by Crippen LogP contribution is 2.33. The summed E-state index contributed by atoms with van der Waals surface area (Å²) < 4.78 is 38.6. The Kier molecular flexibility index (Phi) is 5.64. The zero-order chi connectivity index (χ0) is 20.3. The van der Waals surface area contributed by atoms with Crippen LogP contribution < -0.4 is 24.4 Å². The molecule has 1 aliphatic heterocycles. The standard InChI is InChI=1S/C19H23N3O5S/c1-4-20-19(23)22-10-9-13-11-15(6-8-17(13)22)28(24,25)21-16-7-5-14(26-2)12-18(16)27-3/h5-8,11-12,21H,4,9-10H2,1-3H3,(H,20,23). The van der Waals surface area contributed by atoms with E-state index in [9.17, 15) is 13.2 Å². The maximum absolute atomic E-state index is 12.9. The van der Waals surface area contributed by atoms with Gasteiger partial charge < -0.3 is 14.8 Å². The summed E-state index contributed by atoms with van der Waals surface area (Å²) in [5, 5.41) is 2.76. The lowest BCUT2D eigenvalue weighted by atomic mass is 10.2. The molecule has 0 aromatic heterocycles. The van der Waals surface area contributed by atoms with Gasteiger partial charge in [0.1, 0.15) is 11.5 Å². The van der Waals surface area contributed by atoms with Crippen LogP contribution in [0.25, 0.3) is 0 Å². The van der Waals surface area contributed by atoms with Crippen molar-refractivity contribution in [3.63, 3.8) is 0 Å². The number of sulfonamides is 1. The summed E-state index contributed by atoms with van der Waals surface area (Å²) in [6.07, 6.45) is 0.599. The van der Waals surface area contributed by atoms with Crippen molar-refractivity contribution in [3.8, 4) is 11.5 Å². The zero-order valence-corrected chi connectivity index (χ0v) is 16.8. The van der Waals surface area contributed by atoms with Crippen molar-refractivity contribution >= 4 is 27.4 Å². The molecule has 1 aliphatic rings. The second-order valence-corrected chi connectivity index (χ2v) is 7.88. The van der Waals surface area contributed by atoms with E-state index in [0.717, 1.165) is 11.3 Å². The van der Waals surface area contributed by atoms with Crippen LogP contribution in [-0.2, 0) is 16.4 Å². The van der Waals surface area contributed by atoms with Crippen LogP contribution in [0, 0.1) is 0 Å². The Morgan fingerprint density at radius 2 is 1.93 bits per heavy atom. The number of methoxy groups -OCH3 is 2. The van der Waals surface area contributed by atoms with E-state index >= 15 is 0 Å². The van der Waals surface area contributed by atoms with Gasteiger partial charge in [0.15, 0.2) is 0 Å². The minimum atomic E-state index is -3.82. The maximum Gasteiger partial charge on any atom is 0.321 e. The number of amides is 2. The molecule has 9 heteroatoms. The summed E-state index contributed by atoms with van der Waals surface area (Å²) in [5.74, 6) is 0.911. The first-order valence-corrected chi connectivity index (χ1v) is 10.3. The van der Waals surface area contributed by atoms with Crippen LogP contribution in [0.4, 0.5) is 16.2 Å². The molecule has 2 N–H and O–H groups in total. The molecular weight excluding hydrogens is 382 g/mol. The molecule has 0 unspecified atom stereocenters. The van der Waals surface area contributed by atoms with Crippen molar-refractivity contribution in [1.82, 2.24) is 5.32 Å². The van der Waals surface area contributed by atoms with Gasteiger partial charge in [-0.3, -0.25) is 9.62 Å². The number of carbonyl (C=O) groups excluding carboxylic acids is 1. The Morgan fingerprint density at radius 3 is 2.61 bits per heavy atom. The van der Waals surface area contributed by atoms with Gasteiger partial charge in [-0.2, -0.15) is 0 Å². The van der Waals surface area contributed by atoms with Crippen molar-refractivity contribution in [1.29, 1.82) is 0 Å². The van der Waals surface area contributed by atoms with E-state index in [2.05, 4.69) is 10.0 Å². The number of hydrogen-bond donors (Lipinski definition) is 2. The fraction of sp³-hybridized carbons (Fsp3) is 0.316. The van der Waals surface area contributed by atoms with Crippen LogP contribution >= 0.6 is 0 Å². The summed E-state index contributed by atoms with van der Waals surface area (Å²) in [4.78, 5) is 13.9. The number of ether oxygens (including phenoxy) is 2. The first-order valence-electron chi connectivity index (χ1n) is 8.82. The predicted molar refractivity (Wildman–Crippen MR) is 107 cm³/mol. The molecular formula is C19H23N3O5S. The lowest BCUT2D eigenvalue weighted by Gasteiger charge is -2.18. The third kappa shape index (κ3) is 3.84. The van der Waals surface area contributed by atoms with Crippen LogP contribution in [0.2, 0.25) is 0 Å². The van der Waals surface area contributed by atoms with Crippen molar-refractivity contribution in [2.24, 2.45) is 0 Å². The Bertz CT molecular complexity index is 991. The van der Waals surface area contributed by atoms with Crippen molar-refractivity contribution < 1.29 is 22.7 Å². The molecule has 0 bridgehead atoms. The molecule has 28 heavy (non-hydrogen) atoms. The van der Waals surface area contributed by atoms with Gasteiger partial charge in [-0.1, -0.05) is 0 Å². The summed E-state index contributed by atoms with van der Waals surface area (Å²) in [6.45, 7) is 2.90. The van der Waals surface area contributed by atoms with Crippen molar-refractivity contribution in [3.05, 3.63) is 42.0 Å². The van der Waals surface area contributed by atoms with Gasteiger partial charge in [0.25, 0.3) is 10.0 Å². The van der Waals surface area contributed by atoms with Gasteiger partial charge >= 0.3 is 6.03 Å². The molecule has 2 aromatic carbocycles. The second kappa shape index (κ2) is 7.97. The van der Waals surface area contributed by atoms with Crippen molar-refractivity contribution in [2.75, 3.05) is 36.9 Å². The van der Waals surface area contributed by atoms with Crippen LogP contribution in [0.15, 0.2) is 41.3 Å². The molecule has 1 heterocycles. The maximum atomic E-state index is 12.9. The monoisotopic (exact) mass is 405 g/mol. The number of carbonyl (C=O) groups is 1. The van der Waals surface area contributed by atoms with Gasteiger partial charge in [-0.15, -0.1) is 0 Å². The molecule has 0 saturated carbocycles. The van der Waals surface area contributed by atoms with Gasteiger partial charge in [-0.05, 0) is 49.2 Å². The average Bonchev–Trinajstić information content (AvgIpc) is 3.11. The number of anilines is 2. The number of urea groups is 1. The molecule has 0 radical (unpaired) electrons. The highest BCUT2D eigenvalue weighted by molar-refractivity contribution is 7.92. The van der Waals surface area contributed by atoms with E-state index in [1.54, 1.807) is 35.2 Å². The lowest BCUT2D eigenvalue weighted by molar-refractivity contribution is 0.247. The number of benzene rings is 2. The number of nitrogens with zero attached hydrogens (tertiary/aromatic N) is 1. The number of nitrogens with one attached hydrogen (secondary N) is 2. The molecule has 150 valence electrons. The normalized spacial score (nSPS) is 13.0. The molecule has 0 spiro atoms. The molecule has 8 nitrogen and oxygen atoms in total. The summed E-state index contributed by atoms with van der Waals surface area (Å²) in [7, 11) is -0.848. The average molecular weight is 405 g/mol. The van der Waals surface area contributed by atoms with Crippen molar-refractivity contribution in [2.45, 2.75) is 18.2 Å². The minimum Gasteiger partial charge on any atom is -0.497 e. The summed E-state index contributed by atoms with van der Waals surface area (Å²) >= 11 is 0. The number of rotatable bonds is 6. The highest BCUT2D eigenvalue weighted by Gasteiger charge is 2.26. The highest BCUT2D eigenvalue weighted by atomic mass is 32.2. The topological polar surface area (TPSA) is 97.0 Å². The van der Waals surface area contributed by atoms with Crippen LogP contribution in [0.5, 0.6) is 11.5 Å². The van der Waals surface area contributed by atoms with Crippen LogP contribution in [0.3, 0.4) is 0 Å². The first-order chi connectivity index (χ1) is 13.4. The minimum absolute atomic E-state index is 0.127. The summed E-state index contributed by atoms with van der Waals surface area (Å²) in [6, 6.07) is 9.41. The largest absolute Gasteiger partial charge is 0.497 e. The van der Waals surface area contributed by atoms with E-state index in [4.69, 9.17) is 9.47 Å². The Hall–Kier alpha value is -2.94. The van der Waals surface area contributed by atoms with Crippen LogP contribution in [0.1, 0.15) is 12.5 Å². The molecule has 3 rings (SSSR count). The van der Waals surface area contributed by atoms with Gasteiger partial charge in [0, 0.05) is 24.8 Å². The zero-order valence-electron chi connectivity index (χ0n) is 16.0.